The van der Waals surface area contributed by atoms with E-state index in [-0.39, 0.29) is 0 Å². The minimum atomic E-state index is 0.386. The van der Waals surface area contributed by atoms with Crippen LogP contribution in [0.15, 0.2) is 36.4 Å². The van der Waals surface area contributed by atoms with Crippen molar-refractivity contribution in [3.05, 3.63) is 69.8 Å². The molecular formula is C25H37NO. The van der Waals surface area contributed by atoms with Gasteiger partial charge in [0.25, 0.3) is 0 Å². The normalized spacial score (nSPS) is 12.3. The maximum atomic E-state index is 6.25. The summed E-state index contributed by atoms with van der Waals surface area (Å²) in [6.07, 6.45) is 3.81. The van der Waals surface area contributed by atoms with E-state index in [0.717, 1.165) is 19.7 Å². The van der Waals surface area contributed by atoms with Crippen LogP contribution in [0.4, 0.5) is 0 Å². The topological polar surface area (TPSA) is 21.3 Å². The van der Waals surface area contributed by atoms with Crippen LogP contribution in [-0.2, 0) is 11.3 Å². The Labute approximate surface area is 166 Å². The molecule has 0 aliphatic rings. The molecule has 2 heteroatoms. The SMILES string of the molecule is CCCCCNCC(COCc1c(C)cccc1C)c1c(C)cccc1C. The highest BCUT2D eigenvalue weighted by Crippen LogP contribution is 2.25. The highest BCUT2D eigenvalue weighted by Gasteiger charge is 2.17. The van der Waals surface area contributed by atoms with Crippen molar-refractivity contribution in [3.63, 3.8) is 0 Å². The van der Waals surface area contributed by atoms with Crippen molar-refractivity contribution in [2.24, 2.45) is 0 Å². The van der Waals surface area contributed by atoms with Gasteiger partial charge in [-0.2, -0.15) is 0 Å². The Kier molecular flexibility index (Phi) is 9.03. The second kappa shape index (κ2) is 11.3. The second-order valence-corrected chi connectivity index (χ2v) is 7.80. The van der Waals surface area contributed by atoms with Crippen molar-refractivity contribution in [3.8, 4) is 0 Å². The third kappa shape index (κ3) is 6.48. The number of hydrogen-bond donors (Lipinski definition) is 1. The first-order valence-corrected chi connectivity index (χ1v) is 10.4. The summed E-state index contributed by atoms with van der Waals surface area (Å²) < 4.78 is 6.25. The molecule has 27 heavy (non-hydrogen) atoms. The number of nitrogens with one attached hydrogen (secondary N) is 1. The maximum Gasteiger partial charge on any atom is 0.0722 e. The molecular weight excluding hydrogens is 330 g/mol. The summed E-state index contributed by atoms with van der Waals surface area (Å²) in [5.74, 6) is 0.386. The predicted octanol–water partition coefficient (Wildman–Crippen LogP) is 6.00. The molecule has 1 atom stereocenters. The van der Waals surface area contributed by atoms with Crippen molar-refractivity contribution in [1.82, 2.24) is 5.32 Å². The van der Waals surface area contributed by atoms with Crippen molar-refractivity contribution >= 4 is 0 Å². The number of rotatable bonds is 11. The summed E-state index contributed by atoms with van der Waals surface area (Å²) in [7, 11) is 0. The molecule has 0 saturated heterocycles. The summed E-state index contributed by atoms with van der Waals surface area (Å²) in [4.78, 5) is 0. The van der Waals surface area contributed by atoms with Gasteiger partial charge >= 0.3 is 0 Å². The first kappa shape index (κ1) is 21.7. The standard InChI is InChI=1S/C25H37NO/c1-6-7-8-15-26-16-23(25-21(4)13-10-14-22(25)5)17-27-18-24-19(2)11-9-12-20(24)3/h9-14,23,26H,6-8,15-18H2,1-5H3. The van der Waals surface area contributed by atoms with Crippen LogP contribution < -0.4 is 5.32 Å². The summed E-state index contributed by atoms with van der Waals surface area (Å²) >= 11 is 0. The number of hydrogen-bond acceptors (Lipinski definition) is 2. The lowest BCUT2D eigenvalue weighted by atomic mass is 9.91. The highest BCUT2D eigenvalue weighted by molar-refractivity contribution is 5.37. The third-order valence-corrected chi connectivity index (χ3v) is 5.51. The first-order chi connectivity index (χ1) is 13.0. The van der Waals surface area contributed by atoms with E-state index in [9.17, 15) is 0 Å². The Hall–Kier alpha value is -1.64. The van der Waals surface area contributed by atoms with Gasteiger partial charge in [-0.3, -0.25) is 0 Å². The van der Waals surface area contributed by atoms with E-state index in [4.69, 9.17) is 4.74 Å². The van der Waals surface area contributed by atoms with Crippen LogP contribution >= 0.6 is 0 Å². The number of unbranched alkanes of at least 4 members (excludes halogenated alkanes) is 2. The van der Waals surface area contributed by atoms with E-state index in [2.05, 4.69) is 76.3 Å². The Bertz CT molecular complexity index is 667. The number of aryl methyl sites for hydroxylation is 4. The first-order valence-electron chi connectivity index (χ1n) is 10.4. The van der Waals surface area contributed by atoms with Gasteiger partial charge in [0.1, 0.15) is 0 Å². The van der Waals surface area contributed by atoms with Crippen molar-refractivity contribution in [2.75, 3.05) is 19.7 Å². The minimum absolute atomic E-state index is 0.386. The molecule has 0 amide bonds. The zero-order chi connectivity index (χ0) is 19.6. The molecule has 2 nitrogen and oxygen atoms in total. The summed E-state index contributed by atoms with van der Waals surface area (Å²) in [6.45, 7) is 14.5. The molecule has 0 aliphatic carbocycles. The van der Waals surface area contributed by atoms with Gasteiger partial charge in [0, 0.05) is 12.5 Å². The molecule has 0 spiro atoms. The fourth-order valence-electron chi connectivity index (χ4n) is 3.87. The smallest absolute Gasteiger partial charge is 0.0722 e. The van der Waals surface area contributed by atoms with Gasteiger partial charge in [0.05, 0.1) is 13.2 Å². The van der Waals surface area contributed by atoms with Crippen LogP contribution in [0.3, 0.4) is 0 Å². The summed E-state index contributed by atoms with van der Waals surface area (Å²) in [5.41, 5.74) is 8.14. The van der Waals surface area contributed by atoms with Gasteiger partial charge in [-0.15, -0.1) is 0 Å². The number of ether oxygens (including phenoxy) is 1. The lowest BCUT2D eigenvalue weighted by molar-refractivity contribution is 0.105. The molecule has 1 unspecified atom stereocenters. The van der Waals surface area contributed by atoms with Crippen LogP contribution in [0.25, 0.3) is 0 Å². The molecule has 2 rings (SSSR count). The van der Waals surface area contributed by atoms with E-state index in [1.54, 1.807) is 0 Å². The van der Waals surface area contributed by atoms with E-state index < -0.39 is 0 Å². The van der Waals surface area contributed by atoms with E-state index in [0.29, 0.717) is 12.5 Å². The highest BCUT2D eigenvalue weighted by atomic mass is 16.5. The molecule has 148 valence electrons. The molecule has 0 heterocycles. The van der Waals surface area contributed by atoms with Crippen molar-refractivity contribution < 1.29 is 4.74 Å². The average molecular weight is 368 g/mol. The van der Waals surface area contributed by atoms with Crippen LogP contribution in [0.1, 0.15) is 65.5 Å². The molecule has 0 radical (unpaired) electrons. The molecule has 2 aromatic rings. The lowest BCUT2D eigenvalue weighted by Crippen LogP contribution is -2.26. The minimum Gasteiger partial charge on any atom is -0.376 e. The van der Waals surface area contributed by atoms with Gasteiger partial charge in [-0.1, -0.05) is 56.2 Å². The molecule has 1 N–H and O–H groups in total. The lowest BCUT2D eigenvalue weighted by Gasteiger charge is -2.23. The van der Waals surface area contributed by atoms with Gasteiger partial charge < -0.3 is 10.1 Å². The fourth-order valence-corrected chi connectivity index (χ4v) is 3.87. The predicted molar refractivity (Wildman–Crippen MR) is 117 cm³/mol. The zero-order valence-electron chi connectivity index (χ0n) is 17.9. The van der Waals surface area contributed by atoms with Crippen LogP contribution in [0, 0.1) is 27.7 Å². The largest absolute Gasteiger partial charge is 0.376 e. The molecule has 0 aromatic heterocycles. The Morgan fingerprint density at radius 1 is 0.852 bits per heavy atom. The quantitative estimate of drug-likeness (QED) is 0.492. The second-order valence-electron chi connectivity index (χ2n) is 7.80. The van der Waals surface area contributed by atoms with Crippen LogP contribution in [0.2, 0.25) is 0 Å². The zero-order valence-corrected chi connectivity index (χ0v) is 17.9. The van der Waals surface area contributed by atoms with Gasteiger partial charge in [-0.05, 0) is 74.0 Å². The van der Waals surface area contributed by atoms with Gasteiger partial charge in [-0.25, -0.2) is 0 Å². The summed E-state index contributed by atoms with van der Waals surface area (Å²) in [6, 6.07) is 13.1. The summed E-state index contributed by atoms with van der Waals surface area (Å²) in [5, 5.41) is 3.66. The average Bonchev–Trinajstić information content (AvgIpc) is 2.63. The number of benzene rings is 2. The molecule has 0 saturated carbocycles. The van der Waals surface area contributed by atoms with Gasteiger partial charge in [0.15, 0.2) is 0 Å². The van der Waals surface area contributed by atoms with Gasteiger partial charge in [0.2, 0.25) is 0 Å². The van der Waals surface area contributed by atoms with E-state index in [1.165, 1.54) is 52.6 Å². The van der Waals surface area contributed by atoms with Crippen LogP contribution in [0.5, 0.6) is 0 Å². The van der Waals surface area contributed by atoms with Crippen molar-refractivity contribution in [2.45, 2.75) is 66.4 Å². The van der Waals surface area contributed by atoms with E-state index in [1.807, 2.05) is 0 Å². The van der Waals surface area contributed by atoms with Crippen molar-refractivity contribution in [1.29, 1.82) is 0 Å². The van der Waals surface area contributed by atoms with E-state index >= 15 is 0 Å². The fraction of sp³-hybridized carbons (Fsp3) is 0.520. The molecule has 0 bridgehead atoms. The third-order valence-electron chi connectivity index (χ3n) is 5.51. The monoisotopic (exact) mass is 367 g/mol. The van der Waals surface area contributed by atoms with Crippen LogP contribution in [-0.4, -0.2) is 19.7 Å². The molecule has 2 aromatic carbocycles. The Balaban J connectivity index is 2.03. The maximum absolute atomic E-state index is 6.25. The molecule has 0 fully saturated rings. The molecule has 0 aliphatic heterocycles. The Morgan fingerprint density at radius 2 is 1.44 bits per heavy atom. The Morgan fingerprint density at radius 3 is 2.04 bits per heavy atom.